The largest absolute Gasteiger partial charge is 0.339 e. The summed E-state index contributed by atoms with van der Waals surface area (Å²) < 4.78 is 0. The van der Waals surface area contributed by atoms with E-state index >= 15 is 0 Å². The third-order valence-electron chi connectivity index (χ3n) is 4.61. The monoisotopic (exact) mass is 296 g/mol. The first kappa shape index (κ1) is 15.2. The molecule has 5 nitrogen and oxygen atoms in total. The summed E-state index contributed by atoms with van der Waals surface area (Å²) in [6, 6.07) is 1.74. The molecule has 1 spiro atoms. The highest BCUT2D eigenvalue weighted by Crippen LogP contribution is 2.39. The average molecular weight is 297 g/mol. The number of carbonyl (C=O) groups is 1. The predicted octanol–water partition coefficient (Wildman–Crippen LogP) is 1.50. The zero-order valence-corrected chi connectivity index (χ0v) is 12.4. The number of amides is 1. The maximum Gasteiger partial charge on any atom is 0.255 e. The summed E-state index contributed by atoms with van der Waals surface area (Å²) in [6.07, 6.45) is 7.91. The lowest BCUT2D eigenvalue weighted by Crippen LogP contribution is -2.47. The molecule has 1 aromatic heterocycles. The normalized spacial score (nSPS) is 21.3. The zero-order chi connectivity index (χ0) is 13.1. The summed E-state index contributed by atoms with van der Waals surface area (Å²) in [7, 11) is 0. The van der Waals surface area contributed by atoms with Gasteiger partial charge in [-0.1, -0.05) is 0 Å². The number of aromatic nitrogens is 2. The van der Waals surface area contributed by atoms with Gasteiger partial charge in [-0.2, -0.15) is 10.2 Å². The van der Waals surface area contributed by atoms with Gasteiger partial charge in [0, 0.05) is 13.1 Å². The van der Waals surface area contributed by atoms with Crippen LogP contribution in [0.4, 0.5) is 0 Å². The SMILES string of the molecule is Cl.O=C(c1ccnnc1)N1CCC2(CCNCC2)CC1. The van der Waals surface area contributed by atoms with E-state index in [9.17, 15) is 4.79 Å². The second kappa shape index (κ2) is 6.50. The predicted molar refractivity (Wildman–Crippen MR) is 79.0 cm³/mol. The number of likely N-dealkylation sites (tertiary alicyclic amines) is 1. The van der Waals surface area contributed by atoms with Gasteiger partial charge in [0.05, 0.1) is 18.0 Å². The number of piperidine rings is 2. The van der Waals surface area contributed by atoms with Crippen LogP contribution in [0.3, 0.4) is 0 Å². The Bertz CT molecular complexity index is 438. The lowest BCUT2D eigenvalue weighted by Gasteiger charge is -2.44. The van der Waals surface area contributed by atoms with E-state index < -0.39 is 0 Å². The van der Waals surface area contributed by atoms with Gasteiger partial charge in [0.2, 0.25) is 0 Å². The van der Waals surface area contributed by atoms with Crippen molar-refractivity contribution in [2.45, 2.75) is 25.7 Å². The molecular formula is C14H21ClN4O. The van der Waals surface area contributed by atoms with Crippen LogP contribution in [0.25, 0.3) is 0 Å². The van der Waals surface area contributed by atoms with Crippen molar-refractivity contribution in [3.8, 4) is 0 Å². The van der Waals surface area contributed by atoms with E-state index in [0.717, 1.165) is 39.0 Å². The van der Waals surface area contributed by atoms with E-state index in [1.807, 2.05) is 4.90 Å². The third kappa shape index (κ3) is 3.10. The van der Waals surface area contributed by atoms with Crippen molar-refractivity contribution in [2.75, 3.05) is 26.2 Å². The molecule has 2 aliphatic rings. The van der Waals surface area contributed by atoms with Gasteiger partial charge in [0.1, 0.15) is 0 Å². The summed E-state index contributed by atoms with van der Waals surface area (Å²) in [5.41, 5.74) is 1.13. The molecule has 3 rings (SSSR count). The zero-order valence-electron chi connectivity index (χ0n) is 11.5. The summed E-state index contributed by atoms with van der Waals surface area (Å²) in [5, 5.41) is 10.9. The summed E-state index contributed by atoms with van der Waals surface area (Å²) in [6.45, 7) is 4.01. The van der Waals surface area contributed by atoms with Crippen LogP contribution in [0.5, 0.6) is 0 Å². The molecule has 0 aromatic carbocycles. The molecule has 6 heteroatoms. The molecular weight excluding hydrogens is 276 g/mol. The van der Waals surface area contributed by atoms with E-state index in [2.05, 4.69) is 15.5 Å². The van der Waals surface area contributed by atoms with Gasteiger partial charge in [-0.15, -0.1) is 12.4 Å². The Morgan fingerprint density at radius 2 is 1.85 bits per heavy atom. The molecule has 0 aliphatic carbocycles. The fourth-order valence-electron chi connectivity index (χ4n) is 3.24. The maximum atomic E-state index is 12.3. The number of carbonyl (C=O) groups excluding carboxylic acids is 1. The van der Waals surface area contributed by atoms with Crippen molar-refractivity contribution in [1.29, 1.82) is 0 Å². The Kier molecular flexibility index (Phi) is 4.94. The lowest BCUT2D eigenvalue weighted by atomic mass is 9.71. The standard InChI is InChI=1S/C14H20N4O.ClH/c19-13(12-1-6-16-17-11-12)18-9-4-14(5-10-18)2-7-15-8-3-14;/h1,6,11,15H,2-5,7-10H2;1H. The molecule has 0 unspecified atom stereocenters. The van der Waals surface area contributed by atoms with Crippen LogP contribution in [-0.4, -0.2) is 47.2 Å². The molecule has 1 amide bonds. The van der Waals surface area contributed by atoms with Crippen molar-refractivity contribution < 1.29 is 4.79 Å². The molecule has 2 aliphatic heterocycles. The maximum absolute atomic E-state index is 12.3. The number of halogens is 1. The minimum atomic E-state index is 0. The van der Waals surface area contributed by atoms with Crippen LogP contribution in [0.2, 0.25) is 0 Å². The molecule has 0 atom stereocenters. The Labute approximate surface area is 125 Å². The lowest BCUT2D eigenvalue weighted by molar-refractivity contribution is 0.0495. The quantitative estimate of drug-likeness (QED) is 0.853. The van der Waals surface area contributed by atoms with Crippen LogP contribution >= 0.6 is 12.4 Å². The number of nitrogens with zero attached hydrogens (tertiary/aromatic N) is 3. The number of hydrogen-bond acceptors (Lipinski definition) is 4. The molecule has 0 radical (unpaired) electrons. The van der Waals surface area contributed by atoms with E-state index in [4.69, 9.17) is 0 Å². The Morgan fingerprint density at radius 3 is 2.45 bits per heavy atom. The van der Waals surface area contributed by atoms with Crippen molar-refractivity contribution in [2.24, 2.45) is 5.41 Å². The van der Waals surface area contributed by atoms with Crippen LogP contribution in [0.1, 0.15) is 36.0 Å². The molecule has 2 saturated heterocycles. The van der Waals surface area contributed by atoms with Gasteiger partial charge in [0.15, 0.2) is 0 Å². The van der Waals surface area contributed by atoms with Crippen LogP contribution in [-0.2, 0) is 0 Å². The van der Waals surface area contributed by atoms with Gasteiger partial charge >= 0.3 is 0 Å². The molecule has 3 heterocycles. The fraction of sp³-hybridized carbons (Fsp3) is 0.643. The molecule has 1 aromatic rings. The summed E-state index contributed by atoms with van der Waals surface area (Å²) in [4.78, 5) is 14.3. The molecule has 20 heavy (non-hydrogen) atoms. The minimum absolute atomic E-state index is 0. The van der Waals surface area contributed by atoms with Crippen LogP contribution in [0, 0.1) is 5.41 Å². The molecule has 0 saturated carbocycles. The molecule has 1 N–H and O–H groups in total. The Balaban J connectivity index is 0.00000147. The highest BCUT2D eigenvalue weighted by molar-refractivity contribution is 5.93. The second-order valence-electron chi connectivity index (χ2n) is 5.67. The molecule has 0 bridgehead atoms. The number of hydrogen-bond donors (Lipinski definition) is 1. The van der Waals surface area contributed by atoms with E-state index in [1.54, 1.807) is 18.5 Å². The second-order valence-corrected chi connectivity index (χ2v) is 5.67. The number of nitrogens with one attached hydrogen (secondary N) is 1. The van der Waals surface area contributed by atoms with Crippen LogP contribution < -0.4 is 5.32 Å². The van der Waals surface area contributed by atoms with Crippen molar-refractivity contribution in [3.05, 3.63) is 24.0 Å². The first-order chi connectivity index (χ1) is 9.29. The fourth-order valence-corrected chi connectivity index (χ4v) is 3.24. The van der Waals surface area contributed by atoms with Gasteiger partial charge in [-0.05, 0) is 50.3 Å². The summed E-state index contributed by atoms with van der Waals surface area (Å²) in [5.74, 6) is 0.0960. The average Bonchev–Trinajstić information content (AvgIpc) is 2.49. The minimum Gasteiger partial charge on any atom is -0.339 e. The smallest absolute Gasteiger partial charge is 0.255 e. The van der Waals surface area contributed by atoms with Crippen molar-refractivity contribution in [3.63, 3.8) is 0 Å². The van der Waals surface area contributed by atoms with E-state index in [0.29, 0.717) is 11.0 Å². The number of rotatable bonds is 1. The van der Waals surface area contributed by atoms with Gasteiger partial charge < -0.3 is 10.2 Å². The van der Waals surface area contributed by atoms with E-state index in [1.165, 1.54) is 12.8 Å². The Hall–Kier alpha value is -1.20. The first-order valence-corrected chi connectivity index (χ1v) is 7.06. The highest BCUT2D eigenvalue weighted by atomic mass is 35.5. The van der Waals surface area contributed by atoms with Crippen molar-refractivity contribution >= 4 is 18.3 Å². The first-order valence-electron chi connectivity index (χ1n) is 7.06. The van der Waals surface area contributed by atoms with E-state index in [-0.39, 0.29) is 18.3 Å². The van der Waals surface area contributed by atoms with Gasteiger partial charge in [-0.25, -0.2) is 0 Å². The third-order valence-corrected chi connectivity index (χ3v) is 4.61. The molecule has 110 valence electrons. The molecule has 2 fully saturated rings. The van der Waals surface area contributed by atoms with Crippen molar-refractivity contribution in [1.82, 2.24) is 20.4 Å². The van der Waals surface area contributed by atoms with Gasteiger partial charge in [-0.3, -0.25) is 4.79 Å². The highest BCUT2D eigenvalue weighted by Gasteiger charge is 2.36. The van der Waals surface area contributed by atoms with Gasteiger partial charge in [0.25, 0.3) is 5.91 Å². The topological polar surface area (TPSA) is 58.1 Å². The summed E-state index contributed by atoms with van der Waals surface area (Å²) >= 11 is 0. The Morgan fingerprint density at radius 1 is 1.15 bits per heavy atom. The van der Waals surface area contributed by atoms with Crippen LogP contribution in [0.15, 0.2) is 18.5 Å².